The van der Waals surface area contributed by atoms with E-state index in [1.807, 2.05) is 6.07 Å². The van der Waals surface area contributed by atoms with E-state index in [1.165, 1.54) is 37.7 Å². The molecule has 3 nitrogen and oxygen atoms in total. The molecule has 1 aliphatic heterocycles. The van der Waals surface area contributed by atoms with Gasteiger partial charge in [0.1, 0.15) is 0 Å². The molecule has 0 radical (unpaired) electrons. The number of ether oxygens (including phenoxy) is 1. The van der Waals surface area contributed by atoms with Crippen LogP contribution < -0.4 is 0 Å². The minimum Gasteiger partial charge on any atom is -0.404 e. The highest BCUT2D eigenvalue weighted by Gasteiger charge is 2.68. The van der Waals surface area contributed by atoms with Crippen molar-refractivity contribution < 1.29 is 14.0 Å². The number of unbranched alkanes of at least 4 members (excludes halogenated alkanes) is 3. The smallest absolute Gasteiger partial charge is 0.404 e. The average molecular weight is 384 g/mol. The van der Waals surface area contributed by atoms with Crippen LogP contribution in [0.25, 0.3) is 0 Å². The van der Waals surface area contributed by atoms with Gasteiger partial charge in [0.2, 0.25) is 0 Å². The summed E-state index contributed by atoms with van der Waals surface area (Å²) in [5.74, 6) is 1.38. The van der Waals surface area contributed by atoms with Crippen molar-refractivity contribution in [3.63, 3.8) is 0 Å². The van der Waals surface area contributed by atoms with E-state index >= 15 is 0 Å². The lowest BCUT2D eigenvalue weighted by Crippen LogP contribution is -2.65. The largest absolute Gasteiger partial charge is 0.488 e. The van der Waals surface area contributed by atoms with Gasteiger partial charge in [-0.05, 0) is 49.0 Å². The Morgan fingerprint density at radius 2 is 1.89 bits per heavy atom. The predicted octanol–water partition coefficient (Wildman–Crippen LogP) is 5.81. The minimum absolute atomic E-state index is 0.0137. The third kappa shape index (κ3) is 3.68. The average Bonchev–Trinajstić information content (AvgIpc) is 3.05. The van der Waals surface area contributed by atoms with E-state index in [-0.39, 0.29) is 24.8 Å². The molecule has 0 spiro atoms. The van der Waals surface area contributed by atoms with Crippen LogP contribution in [0.5, 0.6) is 0 Å². The summed E-state index contributed by atoms with van der Waals surface area (Å²) in [4.78, 5) is 0. The summed E-state index contributed by atoms with van der Waals surface area (Å²) in [6.45, 7) is 10.0. The van der Waals surface area contributed by atoms with Crippen molar-refractivity contribution in [1.29, 1.82) is 0 Å². The number of hydrogen-bond donors (Lipinski definition) is 0. The van der Waals surface area contributed by atoms with Crippen LogP contribution in [0.2, 0.25) is 0 Å². The van der Waals surface area contributed by atoms with Crippen molar-refractivity contribution in [2.45, 2.75) is 97.0 Å². The second-order valence-corrected chi connectivity index (χ2v) is 10.0. The van der Waals surface area contributed by atoms with Crippen molar-refractivity contribution >= 4 is 7.12 Å². The minimum atomic E-state index is -0.226. The third-order valence-corrected chi connectivity index (χ3v) is 7.92. The van der Waals surface area contributed by atoms with Gasteiger partial charge in [0.05, 0.1) is 24.3 Å². The molecule has 28 heavy (non-hydrogen) atoms. The van der Waals surface area contributed by atoms with Crippen LogP contribution in [0.15, 0.2) is 30.3 Å². The van der Waals surface area contributed by atoms with Gasteiger partial charge in [0.15, 0.2) is 0 Å². The molecule has 3 aliphatic carbocycles. The van der Waals surface area contributed by atoms with Crippen LogP contribution in [-0.2, 0) is 20.7 Å². The molecule has 4 heteroatoms. The van der Waals surface area contributed by atoms with Gasteiger partial charge in [0, 0.05) is 0 Å². The summed E-state index contributed by atoms with van der Waals surface area (Å²) in [6, 6.07) is 10.5. The molecule has 1 aromatic rings. The topological polar surface area (TPSA) is 27.7 Å². The van der Waals surface area contributed by atoms with Crippen molar-refractivity contribution in [2.75, 3.05) is 0 Å². The Hall–Kier alpha value is -0.835. The fraction of sp³-hybridized carbons (Fsp3) is 0.750. The Balaban J connectivity index is 1.42. The lowest BCUT2D eigenvalue weighted by Gasteiger charge is -2.64. The zero-order valence-corrected chi connectivity index (χ0v) is 18.2. The molecule has 0 aromatic heterocycles. The molecule has 154 valence electrons. The van der Waals surface area contributed by atoms with Crippen LogP contribution in [0, 0.1) is 17.3 Å². The summed E-state index contributed by atoms with van der Waals surface area (Å²) in [5, 5.41) is 0. The molecular weight excluding hydrogens is 347 g/mol. The van der Waals surface area contributed by atoms with E-state index in [0.717, 1.165) is 18.8 Å². The quantitative estimate of drug-likeness (QED) is 0.397. The molecule has 0 N–H and O–H groups in total. The highest BCUT2D eigenvalue weighted by atomic mass is 16.7. The summed E-state index contributed by atoms with van der Waals surface area (Å²) in [6.07, 6.45) is 8.65. The Labute approximate surface area is 171 Å². The Bertz CT molecular complexity index is 649. The first-order chi connectivity index (χ1) is 13.4. The maximum Gasteiger partial charge on any atom is 0.488 e. The second kappa shape index (κ2) is 8.12. The van der Waals surface area contributed by atoms with Gasteiger partial charge in [-0.25, -0.2) is 0 Å². The van der Waals surface area contributed by atoms with Gasteiger partial charge >= 0.3 is 7.12 Å². The first-order valence-electron chi connectivity index (χ1n) is 11.4. The maximum atomic E-state index is 6.70. The van der Waals surface area contributed by atoms with Gasteiger partial charge < -0.3 is 14.0 Å². The van der Waals surface area contributed by atoms with E-state index in [4.69, 9.17) is 14.0 Å². The van der Waals surface area contributed by atoms with Crippen LogP contribution >= 0.6 is 0 Å². The normalized spacial score (nSPS) is 34.0. The molecule has 4 aliphatic rings. The SMILES string of the molecule is CCCCCC[C@H](OCc1ccccc1)B1O[C@@H]2C[C@@H]3C[C@@H](C3(C)C)[C@]2(C)O1. The van der Waals surface area contributed by atoms with Gasteiger partial charge in [0.25, 0.3) is 0 Å². The number of benzene rings is 1. The molecule has 0 amide bonds. The molecule has 1 heterocycles. The van der Waals surface area contributed by atoms with E-state index in [0.29, 0.717) is 17.9 Å². The zero-order chi connectivity index (χ0) is 19.8. The van der Waals surface area contributed by atoms with Crippen LogP contribution in [0.4, 0.5) is 0 Å². The van der Waals surface area contributed by atoms with E-state index in [9.17, 15) is 0 Å². The van der Waals surface area contributed by atoms with Crippen LogP contribution in [0.3, 0.4) is 0 Å². The summed E-state index contributed by atoms with van der Waals surface area (Å²) < 4.78 is 19.6. The summed E-state index contributed by atoms with van der Waals surface area (Å²) >= 11 is 0. The van der Waals surface area contributed by atoms with Crippen molar-refractivity contribution in [2.24, 2.45) is 17.3 Å². The highest BCUT2D eigenvalue weighted by molar-refractivity contribution is 6.47. The van der Waals surface area contributed by atoms with Crippen molar-refractivity contribution in [1.82, 2.24) is 0 Å². The van der Waals surface area contributed by atoms with Crippen molar-refractivity contribution in [3.05, 3.63) is 35.9 Å². The molecule has 5 atom stereocenters. The predicted molar refractivity (Wildman–Crippen MR) is 114 cm³/mol. The Morgan fingerprint density at radius 1 is 1.11 bits per heavy atom. The van der Waals surface area contributed by atoms with E-state index in [2.05, 4.69) is 52.0 Å². The molecule has 3 saturated carbocycles. The molecule has 1 saturated heterocycles. The maximum absolute atomic E-state index is 6.70. The van der Waals surface area contributed by atoms with Crippen LogP contribution in [-0.4, -0.2) is 24.8 Å². The Kier molecular flexibility index (Phi) is 5.93. The van der Waals surface area contributed by atoms with Gasteiger partial charge in [-0.15, -0.1) is 0 Å². The molecule has 4 fully saturated rings. The number of rotatable bonds is 9. The molecule has 1 aromatic carbocycles. The summed E-state index contributed by atoms with van der Waals surface area (Å²) in [7, 11) is -0.226. The van der Waals surface area contributed by atoms with Gasteiger partial charge in [-0.2, -0.15) is 0 Å². The molecule has 5 rings (SSSR count). The fourth-order valence-corrected chi connectivity index (χ4v) is 5.91. The molecule has 0 unspecified atom stereocenters. The van der Waals surface area contributed by atoms with E-state index < -0.39 is 0 Å². The first-order valence-corrected chi connectivity index (χ1v) is 11.4. The monoisotopic (exact) mass is 384 g/mol. The first kappa shape index (κ1) is 20.4. The third-order valence-electron chi connectivity index (χ3n) is 7.92. The summed E-state index contributed by atoms with van der Waals surface area (Å²) in [5.41, 5.74) is 1.44. The Morgan fingerprint density at radius 3 is 2.61 bits per heavy atom. The van der Waals surface area contributed by atoms with Crippen LogP contribution in [0.1, 0.15) is 78.2 Å². The van der Waals surface area contributed by atoms with Crippen molar-refractivity contribution in [3.8, 4) is 0 Å². The van der Waals surface area contributed by atoms with Gasteiger partial charge in [-0.1, -0.05) is 76.8 Å². The van der Waals surface area contributed by atoms with E-state index in [1.54, 1.807) is 0 Å². The number of hydrogen-bond acceptors (Lipinski definition) is 3. The molecule has 2 bridgehead atoms. The highest BCUT2D eigenvalue weighted by Crippen LogP contribution is 2.65. The van der Waals surface area contributed by atoms with Gasteiger partial charge in [-0.3, -0.25) is 0 Å². The second-order valence-electron chi connectivity index (χ2n) is 10.0. The lowest BCUT2D eigenvalue weighted by molar-refractivity contribution is -0.199. The standard InChI is InChI=1S/C24H37BO3/c1-5-6-7-11-14-22(26-17-18-12-9-8-10-13-18)25-27-21-16-19-15-20(23(19,2)3)24(21,4)28-25/h8-10,12-13,19-22H,5-7,11,14-17H2,1-4H3/t19-,20-,21+,22-,24-/m0/s1. The molecular formula is C24H37BO3. The zero-order valence-electron chi connectivity index (χ0n) is 18.2. The fourth-order valence-electron chi connectivity index (χ4n) is 5.91. The lowest BCUT2D eigenvalue weighted by atomic mass is 9.43.